The molecule has 4 nitrogen and oxygen atoms in total. The van der Waals surface area contributed by atoms with Crippen molar-refractivity contribution in [3.63, 3.8) is 0 Å². The van der Waals surface area contributed by atoms with Crippen LogP contribution in [-0.4, -0.2) is 44.2 Å². The van der Waals surface area contributed by atoms with Crippen LogP contribution in [0.15, 0.2) is 18.3 Å². The molecule has 0 N–H and O–H groups in total. The maximum Gasteiger partial charge on any atom is 0.171 e. The van der Waals surface area contributed by atoms with Crippen molar-refractivity contribution in [1.82, 2.24) is 4.98 Å². The molecule has 0 unspecified atom stereocenters. The van der Waals surface area contributed by atoms with E-state index in [0.29, 0.717) is 6.61 Å². The molecule has 0 fully saturated rings. The fourth-order valence-electron chi connectivity index (χ4n) is 1.41. The minimum atomic E-state index is 0.673. The van der Waals surface area contributed by atoms with E-state index in [-0.39, 0.29) is 0 Å². The van der Waals surface area contributed by atoms with Gasteiger partial charge in [0.05, 0.1) is 13.7 Å². The van der Waals surface area contributed by atoms with Crippen LogP contribution in [0.4, 0.5) is 5.82 Å². The number of rotatable bonds is 7. The van der Waals surface area contributed by atoms with Gasteiger partial charge in [-0.1, -0.05) is 15.9 Å². The van der Waals surface area contributed by atoms with Crippen molar-refractivity contribution < 1.29 is 9.47 Å². The smallest absolute Gasteiger partial charge is 0.171 e. The van der Waals surface area contributed by atoms with Crippen LogP contribution in [0, 0.1) is 0 Å². The summed E-state index contributed by atoms with van der Waals surface area (Å²) in [5, 5.41) is 0.885. The highest BCUT2D eigenvalue weighted by atomic mass is 79.9. The Hall–Kier alpha value is -0.810. The Kier molecular flexibility index (Phi) is 6.18. The fourth-order valence-corrected chi connectivity index (χ4v) is 1.83. The molecular formula is C11H17BrN2O2. The van der Waals surface area contributed by atoms with Crippen molar-refractivity contribution in [3.8, 4) is 5.75 Å². The Labute approximate surface area is 105 Å². The Morgan fingerprint density at radius 3 is 2.81 bits per heavy atom. The summed E-state index contributed by atoms with van der Waals surface area (Å²) >= 11 is 3.43. The highest BCUT2D eigenvalue weighted by Crippen LogP contribution is 2.24. The Morgan fingerprint density at radius 2 is 2.19 bits per heavy atom. The van der Waals surface area contributed by atoms with Crippen LogP contribution in [-0.2, 0) is 4.74 Å². The molecular weight excluding hydrogens is 272 g/mol. The molecule has 0 saturated carbocycles. The average molecular weight is 289 g/mol. The second-order valence-electron chi connectivity index (χ2n) is 3.20. The lowest BCUT2D eigenvalue weighted by Crippen LogP contribution is -2.30. The number of alkyl halides is 1. The van der Waals surface area contributed by atoms with Gasteiger partial charge in [-0.25, -0.2) is 4.98 Å². The number of ether oxygens (including phenoxy) is 2. The molecule has 0 aliphatic heterocycles. The summed E-state index contributed by atoms with van der Waals surface area (Å²) in [4.78, 5) is 6.48. The number of hydrogen-bond acceptors (Lipinski definition) is 4. The van der Waals surface area contributed by atoms with Crippen molar-refractivity contribution in [1.29, 1.82) is 0 Å². The maximum atomic E-state index is 5.29. The molecule has 0 bridgehead atoms. The first-order chi connectivity index (χ1) is 7.83. The molecule has 90 valence electrons. The third-order valence-electron chi connectivity index (χ3n) is 2.19. The zero-order valence-corrected chi connectivity index (χ0v) is 11.2. The molecule has 16 heavy (non-hydrogen) atoms. The summed E-state index contributed by atoms with van der Waals surface area (Å²) < 4.78 is 10.4. The summed E-state index contributed by atoms with van der Waals surface area (Å²) in [6.07, 6.45) is 1.77. The molecule has 1 heterocycles. The van der Waals surface area contributed by atoms with Gasteiger partial charge in [0.15, 0.2) is 11.6 Å². The normalized spacial score (nSPS) is 10.2. The monoisotopic (exact) mass is 288 g/mol. The van der Waals surface area contributed by atoms with Gasteiger partial charge >= 0.3 is 0 Å². The SMILES string of the molecule is COCCN(CCBr)c1ncccc1OC. The Morgan fingerprint density at radius 1 is 1.38 bits per heavy atom. The van der Waals surface area contributed by atoms with Crippen LogP contribution in [0.1, 0.15) is 0 Å². The van der Waals surface area contributed by atoms with E-state index in [9.17, 15) is 0 Å². The lowest BCUT2D eigenvalue weighted by Gasteiger charge is -2.23. The zero-order chi connectivity index (χ0) is 11.8. The molecule has 0 amide bonds. The van der Waals surface area contributed by atoms with E-state index in [0.717, 1.165) is 30.0 Å². The summed E-state index contributed by atoms with van der Waals surface area (Å²) in [6, 6.07) is 3.78. The molecule has 0 saturated heterocycles. The number of aromatic nitrogens is 1. The second kappa shape index (κ2) is 7.46. The first kappa shape index (κ1) is 13.3. The molecule has 0 radical (unpaired) electrons. The minimum absolute atomic E-state index is 0.673. The standard InChI is InChI=1S/C11H17BrN2O2/c1-15-9-8-14(7-5-12)11-10(16-2)4-3-6-13-11/h3-4,6H,5,7-9H2,1-2H3. The lowest BCUT2D eigenvalue weighted by molar-refractivity contribution is 0.205. The Balaban J connectivity index is 2.81. The van der Waals surface area contributed by atoms with Crippen molar-refractivity contribution in [3.05, 3.63) is 18.3 Å². The predicted octanol–water partition coefficient (Wildman–Crippen LogP) is 1.94. The van der Waals surface area contributed by atoms with E-state index >= 15 is 0 Å². The van der Waals surface area contributed by atoms with Gasteiger partial charge in [0, 0.05) is 31.7 Å². The van der Waals surface area contributed by atoms with E-state index in [1.165, 1.54) is 0 Å². The van der Waals surface area contributed by atoms with E-state index < -0.39 is 0 Å². The average Bonchev–Trinajstić information content (AvgIpc) is 2.34. The summed E-state index contributed by atoms with van der Waals surface area (Å²) in [6.45, 7) is 2.35. The van der Waals surface area contributed by atoms with Crippen molar-refractivity contribution in [2.24, 2.45) is 0 Å². The number of anilines is 1. The minimum Gasteiger partial charge on any atom is -0.493 e. The summed E-state index contributed by atoms with van der Waals surface area (Å²) in [7, 11) is 3.35. The van der Waals surface area contributed by atoms with Crippen LogP contribution in [0.2, 0.25) is 0 Å². The maximum absolute atomic E-state index is 5.29. The van der Waals surface area contributed by atoms with Gasteiger partial charge in [0.1, 0.15) is 0 Å². The highest BCUT2D eigenvalue weighted by molar-refractivity contribution is 9.09. The second-order valence-corrected chi connectivity index (χ2v) is 3.99. The van der Waals surface area contributed by atoms with Gasteiger partial charge in [0.25, 0.3) is 0 Å². The third kappa shape index (κ3) is 3.64. The lowest BCUT2D eigenvalue weighted by atomic mass is 10.3. The van der Waals surface area contributed by atoms with Crippen molar-refractivity contribution in [2.45, 2.75) is 0 Å². The van der Waals surface area contributed by atoms with Crippen LogP contribution < -0.4 is 9.64 Å². The number of pyridine rings is 1. The first-order valence-corrected chi connectivity index (χ1v) is 6.24. The van der Waals surface area contributed by atoms with Gasteiger partial charge in [-0.3, -0.25) is 0 Å². The van der Waals surface area contributed by atoms with Crippen molar-refractivity contribution in [2.75, 3.05) is 44.1 Å². The van der Waals surface area contributed by atoms with Gasteiger partial charge in [-0.05, 0) is 12.1 Å². The number of halogens is 1. The first-order valence-electron chi connectivity index (χ1n) is 5.12. The van der Waals surface area contributed by atoms with Gasteiger partial charge < -0.3 is 14.4 Å². The molecule has 0 aliphatic rings. The van der Waals surface area contributed by atoms with Gasteiger partial charge in [-0.15, -0.1) is 0 Å². The number of methoxy groups -OCH3 is 2. The molecule has 1 rings (SSSR count). The largest absolute Gasteiger partial charge is 0.493 e. The molecule has 0 spiro atoms. The molecule has 0 aromatic carbocycles. The highest BCUT2D eigenvalue weighted by Gasteiger charge is 2.11. The molecule has 1 aromatic heterocycles. The van der Waals surface area contributed by atoms with Crippen molar-refractivity contribution >= 4 is 21.7 Å². The van der Waals surface area contributed by atoms with E-state index in [4.69, 9.17) is 9.47 Å². The summed E-state index contributed by atoms with van der Waals surface area (Å²) in [5.41, 5.74) is 0. The molecule has 1 aromatic rings. The van der Waals surface area contributed by atoms with Crippen LogP contribution in [0.3, 0.4) is 0 Å². The van der Waals surface area contributed by atoms with E-state index in [2.05, 4.69) is 25.8 Å². The quantitative estimate of drug-likeness (QED) is 0.718. The van der Waals surface area contributed by atoms with Crippen LogP contribution in [0.25, 0.3) is 0 Å². The van der Waals surface area contributed by atoms with Crippen LogP contribution in [0.5, 0.6) is 5.75 Å². The molecule has 5 heteroatoms. The van der Waals surface area contributed by atoms with Crippen LogP contribution >= 0.6 is 15.9 Å². The number of hydrogen-bond donors (Lipinski definition) is 0. The molecule has 0 aliphatic carbocycles. The topological polar surface area (TPSA) is 34.6 Å². The van der Waals surface area contributed by atoms with Gasteiger partial charge in [0.2, 0.25) is 0 Å². The van der Waals surface area contributed by atoms with E-state index in [1.54, 1.807) is 20.4 Å². The Bertz CT molecular complexity index is 310. The third-order valence-corrected chi connectivity index (χ3v) is 2.54. The van der Waals surface area contributed by atoms with Gasteiger partial charge in [-0.2, -0.15) is 0 Å². The number of nitrogens with zero attached hydrogens (tertiary/aromatic N) is 2. The van der Waals surface area contributed by atoms with E-state index in [1.807, 2.05) is 12.1 Å². The summed E-state index contributed by atoms with van der Waals surface area (Å²) in [5.74, 6) is 1.65. The predicted molar refractivity (Wildman–Crippen MR) is 68.7 cm³/mol. The fraction of sp³-hybridized carbons (Fsp3) is 0.545. The zero-order valence-electron chi connectivity index (χ0n) is 9.65. The molecule has 0 atom stereocenters.